The molecule has 2 aromatic rings. The molecule has 1 aliphatic rings. The topological polar surface area (TPSA) is 66.5 Å². The van der Waals surface area contributed by atoms with E-state index in [-0.39, 0.29) is 17.6 Å². The van der Waals surface area contributed by atoms with Crippen LogP contribution in [0.4, 0.5) is 5.69 Å². The highest BCUT2D eigenvalue weighted by Crippen LogP contribution is 2.24. The second kappa shape index (κ2) is 8.54. The van der Waals surface area contributed by atoms with E-state index in [1.54, 1.807) is 0 Å². The zero-order chi connectivity index (χ0) is 19.4. The summed E-state index contributed by atoms with van der Waals surface area (Å²) >= 11 is 3.37. The van der Waals surface area contributed by atoms with Gasteiger partial charge in [-0.1, -0.05) is 45.8 Å². The van der Waals surface area contributed by atoms with Crippen molar-refractivity contribution < 1.29 is 13.2 Å². The predicted octanol–water partition coefficient (Wildman–Crippen LogP) is 3.94. The van der Waals surface area contributed by atoms with Gasteiger partial charge in [0.1, 0.15) is 0 Å². The molecule has 27 heavy (non-hydrogen) atoms. The largest absolute Gasteiger partial charge is 0.326 e. The summed E-state index contributed by atoms with van der Waals surface area (Å²) in [6, 6.07) is 15.0. The molecule has 1 fully saturated rings. The maximum absolute atomic E-state index is 12.7. The smallest absolute Gasteiger partial charge is 0.227 e. The van der Waals surface area contributed by atoms with E-state index in [2.05, 4.69) is 21.2 Å². The molecule has 0 atom stereocenters. The number of amides is 1. The van der Waals surface area contributed by atoms with Crippen LogP contribution in [-0.4, -0.2) is 31.7 Å². The van der Waals surface area contributed by atoms with Crippen molar-refractivity contribution in [2.24, 2.45) is 5.92 Å². The Balaban J connectivity index is 1.56. The fourth-order valence-corrected chi connectivity index (χ4v) is 5.09. The van der Waals surface area contributed by atoms with E-state index in [1.165, 1.54) is 4.31 Å². The van der Waals surface area contributed by atoms with Gasteiger partial charge in [0.25, 0.3) is 0 Å². The summed E-state index contributed by atoms with van der Waals surface area (Å²) in [4.78, 5) is 12.4. The lowest BCUT2D eigenvalue weighted by Crippen LogP contribution is -2.41. The van der Waals surface area contributed by atoms with E-state index in [0.717, 1.165) is 21.3 Å². The van der Waals surface area contributed by atoms with Gasteiger partial charge in [-0.15, -0.1) is 0 Å². The number of hydrogen-bond donors (Lipinski definition) is 1. The zero-order valence-electron chi connectivity index (χ0n) is 15.2. The monoisotopic (exact) mass is 450 g/mol. The van der Waals surface area contributed by atoms with Gasteiger partial charge in [0.05, 0.1) is 5.75 Å². The molecule has 3 rings (SSSR count). The molecule has 7 heteroatoms. The molecule has 144 valence electrons. The molecule has 0 saturated carbocycles. The molecule has 5 nitrogen and oxygen atoms in total. The average molecular weight is 451 g/mol. The molecule has 0 radical (unpaired) electrons. The standard InChI is InChI=1S/C20H23BrN2O3S/c1-15-3-2-4-16(13-15)14-27(25,26)23-11-9-17(10-12-23)20(24)22-19-7-5-18(21)6-8-19/h2-8,13,17H,9-12,14H2,1H3,(H,22,24). The Kier molecular flexibility index (Phi) is 6.34. The van der Waals surface area contributed by atoms with Crippen molar-refractivity contribution in [2.75, 3.05) is 18.4 Å². The van der Waals surface area contributed by atoms with Crippen LogP contribution >= 0.6 is 15.9 Å². The van der Waals surface area contributed by atoms with E-state index < -0.39 is 10.0 Å². The molecule has 1 N–H and O–H groups in total. The van der Waals surface area contributed by atoms with Crippen LogP contribution in [-0.2, 0) is 20.6 Å². The fourth-order valence-electron chi connectivity index (χ4n) is 3.28. The number of nitrogens with zero attached hydrogens (tertiary/aromatic N) is 1. The summed E-state index contributed by atoms with van der Waals surface area (Å²) in [7, 11) is -3.37. The molecule has 0 bridgehead atoms. The number of aryl methyl sites for hydroxylation is 1. The maximum atomic E-state index is 12.7. The number of anilines is 1. The zero-order valence-corrected chi connectivity index (χ0v) is 17.6. The van der Waals surface area contributed by atoms with Crippen LogP contribution in [0.1, 0.15) is 24.0 Å². The lowest BCUT2D eigenvalue weighted by Gasteiger charge is -2.30. The lowest BCUT2D eigenvalue weighted by molar-refractivity contribution is -0.120. The van der Waals surface area contributed by atoms with Gasteiger partial charge in [-0.25, -0.2) is 12.7 Å². The van der Waals surface area contributed by atoms with Crippen molar-refractivity contribution in [3.8, 4) is 0 Å². The van der Waals surface area contributed by atoms with E-state index in [4.69, 9.17) is 0 Å². The van der Waals surface area contributed by atoms with E-state index in [0.29, 0.717) is 25.9 Å². The van der Waals surface area contributed by atoms with Crippen molar-refractivity contribution in [1.82, 2.24) is 4.31 Å². The van der Waals surface area contributed by atoms with Gasteiger partial charge in [-0.3, -0.25) is 4.79 Å². The molecule has 1 aliphatic heterocycles. The van der Waals surface area contributed by atoms with Crippen molar-refractivity contribution in [2.45, 2.75) is 25.5 Å². The third-order valence-corrected chi connectivity index (χ3v) is 7.14. The van der Waals surface area contributed by atoms with Crippen LogP contribution in [0.3, 0.4) is 0 Å². The van der Waals surface area contributed by atoms with Gasteiger partial charge >= 0.3 is 0 Å². The number of carbonyl (C=O) groups excluding carboxylic acids is 1. The van der Waals surface area contributed by atoms with Gasteiger partial charge in [0.2, 0.25) is 15.9 Å². The number of halogens is 1. The number of hydrogen-bond acceptors (Lipinski definition) is 3. The highest BCUT2D eigenvalue weighted by atomic mass is 79.9. The van der Waals surface area contributed by atoms with Crippen LogP contribution in [0.15, 0.2) is 53.0 Å². The molecule has 0 spiro atoms. The summed E-state index contributed by atoms with van der Waals surface area (Å²) in [6.45, 7) is 2.71. The Morgan fingerprint density at radius 1 is 1.15 bits per heavy atom. The highest BCUT2D eigenvalue weighted by molar-refractivity contribution is 9.10. The number of sulfonamides is 1. The summed E-state index contributed by atoms with van der Waals surface area (Å²) < 4.78 is 27.8. The number of nitrogens with one attached hydrogen (secondary N) is 1. The Hall–Kier alpha value is -1.70. The molecule has 0 aliphatic carbocycles. The Bertz CT molecular complexity index is 905. The Labute approximate surface area is 169 Å². The van der Waals surface area contributed by atoms with Gasteiger partial charge in [-0.2, -0.15) is 0 Å². The lowest BCUT2D eigenvalue weighted by atomic mass is 9.97. The number of piperidine rings is 1. The highest BCUT2D eigenvalue weighted by Gasteiger charge is 2.31. The maximum Gasteiger partial charge on any atom is 0.227 e. The molecular weight excluding hydrogens is 428 g/mol. The SMILES string of the molecule is Cc1cccc(CS(=O)(=O)N2CCC(C(=O)Nc3ccc(Br)cc3)CC2)c1. The van der Waals surface area contributed by atoms with Crippen molar-refractivity contribution in [3.63, 3.8) is 0 Å². The van der Waals surface area contributed by atoms with Gasteiger partial charge in [0, 0.05) is 29.2 Å². The third kappa shape index (κ3) is 5.40. The third-order valence-electron chi connectivity index (χ3n) is 4.76. The van der Waals surface area contributed by atoms with Crippen LogP contribution in [0.5, 0.6) is 0 Å². The minimum absolute atomic E-state index is 0.00440. The van der Waals surface area contributed by atoms with Gasteiger partial charge in [-0.05, 0) is 49.6 Å². The second-order valence-corrected chi connectivity index (χ2v) is 9.80. The summed E-state index contributed by atoms with van der Waals surface area (Å²) in [6.07, 6.45) is 1.07. The first kappa shape index (κ1) is 20.0. The van der Waals surface area contributed by atoms with Crippen molar-refractivity contribution in [3.05, 3.63) is 64.1 Å². The molecule has 1 saturated heterocycles. The van der Waals surface area contributed by atoms with E-state index >= 15 is 0 Å². The van der Waals surface area contributed by atoms with Crippen LogP contribution < -0.4 is 5.32 Å². The van der Waals surface area contributed by atoms with E-state index in [9.17, 15) is 13.2 Å². The summed E-state index contributed by atoms with van der Waals surface area (Å²) in [5.41, 5.74) is 2.59. The van der Waals surface area contributed by atoms with Crippen LogP contribution in [0.25, 0.3) is 0 Å². The number of carbonyl (C=O) groups is 1. The van der Waals surface area contributed by atoms with Crippen LogP contribution in [0.2, 0.25) is 0 Å². The fraction of sp³-hybridized carbons (Fsp3) is 0.350. The first-order valence-corrected chi connectivity index (χ1v) is 11.3. The minimum Gasteiger partial charge on any atom is -0.326 e. The molecule has 1 heterocycles. The molecule has 2 aromatic carbocycles. The predicted molar refractivity (Wildman–Crippen MR) is 111 cm³/mol. The molecule has 0 unspecified atom stereocenters. The molecule has 0 aromatic heterocycles. The van der Waals surface area contributed by atoms with Gasteiger partial charge < -0.3 is 5.32 Å². The van der Waals surface area contributed by atoms with Crippen LogP contribution in [0, 0.1) is 12.8 Å². The second-order valence-electron chi connectivity index (χ2n) is 6.91. The first-order chi connectivity index (χ1) is 12.8. The Morgan fingerprint density at radius 2 is 1.81 bits per heavy atom. The minimum atomic E-state index is -3.37. The summed E-state index contributed by atoms with van der Waals surface area (Å²) in [5.74, 6) is -0.211. The normalized spacial score (nSPS) is 16.2. The number of rotatable bonds is 5. The van der Waals surface area contributed by atoms with Crippen molar-refractivity contribution >= 4 is 37.5 Å². The number of benzene rings is 2. The van der Waals surface area contributed by atoms with E-state index in [1.807, 2.05) is 55.5 Å². The molecular formula is C20H23BrN2O3S. The Morgan fingerprint density at radius 3 is 2.44 bits per heavy atom. The van der Waals surface area contributed by atoms with Crippen molar-refractivity contribution in [1.29, 1.82) is 0 Å². The van der Waals surface area contributed by atoms with Gasteiger partial charge in [0.15, 0.2) is 0 Å². The quantitative estimate of drug-likeness (QED) is 0.749. The first-order valence-electron chi connectivity index (χ1n) is 8.93. The molecule has 1 amide bonds. The average Bonchev–Trinajstić information content (AvgIpc) is 2.63. The summed E-state index contributed by atoms with van der Waals surface area (Å²) in [5, 5.41) is 2.91.